The summed E-state index contributed by atoms with van der Waals surface area (Å²) >= 11 is 0. The van der Waals surface area contributed by atoms with Crippen LogP contribution in [0, 0.1) is 0 Å². The van der Waals surface area contributed by atoms with Crippen LogP contribution in [0.4, 0.5) is 0 Å². The van der Waals surface area contributed by atoms with Crippen LogP contribution in [0.15, 0.2) is 43.0 Å². The molecule has 0 bridgehead atoms. The molecular weight excluding hydrogens is 152 g/mol. The van der Waals surface area contributed by atoms with Gasteiger partial charge in [0.15, 0.2) is 0 Å². The highest BCUT2D eigenvalue weighted by molar-refractivity contribution is 5.89. The van der Waals surface area contributed by atoms with Gasteiger partial charge >= 0.3 is 5.97 Å². The number of carbonyl (C=O) groups is 1. The number of rotatable bonds is 3. The van der Waals surface area contributed by atoms with Gasteiger partial charge in [-0.3, -0.25) is 0 Å². The van der Waals surface area contributed by atoms with Crippen molar-refractivity contribution in [3.63, 3.8) is 0 Å². The molecule has 0 saturated heterocycles. The van der Waals surface area contributed by atoms with Gasteiger partial charge in [-0.1, -0.05) is 30.9 Å². The zero-order chi connectivity index (χ0) is 8.81. The third-order valence-corrected chi connectivity index (χ3v) is 1.34. The highest BCUT2D eigenvalue weighted by atomic mass is 16.5. The second-order valence-electron chi connectivity index (χ2n) is 2.25. The third-order valence-electron chi connectivity index (χ3n) is 1.34. The molecule has 62 valence electrons. The van der Waals surface area contributed by atoms with E-state index in [2.05, 4.69) is 6.58 Å². The molecule has 0 aromatic heterocycles. The minimum absolute atomic E-state index is 0.258. The summed E-state index contributed by atoms with van der Waals surface area (Å²) in [6, 6.07) is 8.87. The summed E-state index contributed by atoms with van der Waals surface area (Å²) in [5, 5.41) is 0. The van der Waals surface area contributed by atoms with Crippen LogP contribution in [0.1, 0.15) is 10.4 Å². The molecular formula is C10H10O2. The van der Waals surface area contributed by atoms with Gasteiger partial charge in [-0.2, -0.15) is 0 Å². The fourth-order valence-electron chi connectivity index (χ4n) is 0.792. The van der Waals surface area contributed by atoms with Crippen LogP contribution in [0.25, 0.3) is 0 Å². The van der Waals surface area contributed by atoms with Crippen LogP contribution in [-0.4, -0.2) is 12.6 Å². The summed E-state index contributed by atoms with van der Waals surface area (Å²) in [5.41, 5.74) is 0.569. The van der Waals surface area contributed by atoms with Crippen LogP contribution in [0.3, 0.4) is 0 Å². The van der Waals surface area contributed by atoms with Gasteiger partial charge < -0.3 is 4.74 Å². The van der Waals surface area contributed by atoms with E-state index in [1.165, 1.54) is 0 Å². The van der Waals surface area contributed by atoms with Gasteiger partial charge in [0, 0.05) is 0 Å². The van der Waals surface area contributed by atoms with E-state index >= 15 is 0 Å². The molecule has 0 heterocycles. The predicted molar refractivity (Wildman–Crippen MR) is 46.9 cm³/mol. The Balaban J connectivity index is 2.59. The van der Waals surface area contributed by atoms with Crippen molar-refractivity contribution in [2.24, 2.45) is 0 Å². The number of benzene rings is 1. The summed E-state index contributed by atoms with van der Waals surface area (Å²) in [6.07, 6.45) is 1.54. The monoisotopic (exact) mass is 162 g/mol. The van der Waals surface area contributed by atoms with E-state index in [9.17, 15) is 4.79 Å². The van der Waals surface area contributed by atoms with E-state index in [4.69, 9.17) is 4.74 Å². The number of carbonyl (C=O) groups excluding carboxylic acids is 1. The van der Waals surface area contributed by atoms with E-state index in [0.29, 0.717) is 5.56 Å². The maximum Gasteiger partial charge on any atom is 0.338 e. The Hall–Kier alpha value is -1.57. The van der Waals surface area contributed by atoms with Gasteiger partial charge in [0.1, 0.15) is 6.61 Å². The van der Waals surface area contributed by atoms with Crippen molar-refractivity contribution in [2.45, 2.75) is 0 Å². The zero-order valence-corrected chi connectivity index (χ0v) is 6.69. The predicted octanol–water partition coefficient (Wildman–Crippen LogP) is 2.03. The highest BCUT2D eigenvalue weighted by Gasteiger charge is 2.02. The highest BCUT2D eigenvalue weighted by Crippen LogP contribution is 2.00. The quantitative estimate of drug-likeness (QED) is 0.502. The lowest BCUT2D eigenvalue weighted by Gasteiger charge is -1.99. The smallest absolute Gasteiger partial charge is 0.338 e. The average molecular weight is 162 g/mol. The summed E-state index contributed by atoms with van der Waals surface area (Å²) in [7, 11) is 0. The zero-order valence-electron chi connectivity index (χ0n) is 6.69. The normalized spacial score (nSPS) is 9.00. The minimum Gasteiger partial charge on any atom is -0.458 e. The largest absolute Gasteiger partial charge is 0.458 e. The van der Waals surface area contributed by atoms with Gasteiger partial charge in [0.05, 0.1) is 5.56 Å². The number of hydrogen-bond acceptors (Lipinski definition) is 2. The molecule has 1 rings (SSSR count). The first-order chi connectivity index (χ1) is 5.84. The van der Waals surface area contributed by atoms with Gasteiger partial charge in [-0.25, -0.2) is 4.79 Å². The van der Waals surface area contributed by atoms with E-state index in [-0.39, 0.29) is 12.6 Å². The van der Waals surface area contributed by atoms with E-state index in [0.717, 1.165) is 0 Å². The topological polar surface area (TPSA) is 26.3 Å². The molecule has 1 aromatic rings. The van der Waals surface area contributed by atoms with Crippen LogP contribution in [0.5, 0.6) is 0 Å². The molecule has 0 aliphatic heterocycles. The molecule has 0 atom stereocenters. The van der Waals surface area contributed by atoms with Crippen molar-refractivity contribution in [3.8, 4) is 0 Å². The van der Waals surface area contributed by atoms with Crippen molar-refractivity contribution in [1.82, 2.24) is 0 Å². The molecule has 0 spiro atoms. The maximum atomic E-state index is 11.1. The average Bonchev–Trinajstić information content (AvgIpc) is 2.15. The number of esters is 1. The molecule has 1 aromatic carbocycles. The molecule has 12 heavy (non-hydrogen) atoms. The molecule has 2 nitrogen and oxygen atoms in total. The second kappa shape index (κ2) is 4.34. The summed E-state index contributed by atoms with van der Waals surface area (Å²) < 4.78 is 4.82. The van der Waals surface area contributed by atoms with Crippen molar-refractivity contribution in [2.75, 3.05) is 6.61 Å². The van der Waals surface area contributed by atoms with Crippen molar-refractivity contribution < 1.29 is 9.53 Å². The molecule has 2 heteroatoms. The van der Waals surface area contributed by atoms with Gasteiger partial charge in [0.25, 0.3) is 0 Å². The Labute approximate surface area is 71.5 Å². The summed E-state index contributed by atoms with van der Waals surface area (Å²) in [4.78, 5) is 11.1. The first-order valence-electron chi connectivity index (χ1n) is 3.67. The van der Waals surface area contributed by atoms with E-state index in [1.54, 1.807) is 30.3 Å². The van der Waals surface area contributed by atoms with Crippen LogP contribution in [-0.2, 0) is 4.74 Å². The molecule has 0 aliphatic carbocycles. The third kappa shape index (κ3) is 2.23. The molecule has 0 radical (unpaired) electrons. The van der Waals surface area contributed by atoms with Crippen LogP contribution in [0.2, 0.25) is 0 Å². The Bertz CT molecular complexity index is 264. The van der Waals surface area contributed by atoms with Crippen molar-refractivity contribution in [3.05, 3.63) is 48.6 Å². The Morgan fingerprint density at radius 3 is 2.67 bits per heavy atom. The van der Waals surface area contributed by atoms with Crippen LogP contribution >= 0.6 is 0 Å². The summed E-state index contributed by atoms with van der Waals surface area (Å²) in [5.74, 6) is -0.310. The number of ether oxygens (including phenoxy) is 1. The first kappa shape index (κ1) is 8.53. The van der Waals surface area contributed by atoms with Gasteiger partial charge in [-0.05, 0) is 12.1 Å². The van der Waals surface area contributed by atoms with E-state index in [1.807, 2.05) is 6.07 Å². The Morgan fingerprint density at radius 2 is 2.08 bits per heavy atom. The SMILES string of the molecule is C=CCOC(=O)c1ccccc1. The Morgan fingerprint density at radius 1 is 1.42 bits per heavy atom. The molecule has 0 amide bonds. The standard InChI is InChI=1S/C10H10O2/c1-2-8-12-10(11)9-6-4-3-5-7-9/h2-7H,1,8H2. The molecule has 0 aliphatic rings. The molecule has 0 fully saturated rings. The van der Waals surface area contributed by atoms with Gasteiger partial charge in [-0.15, -0.1) is 0 Å². The van der Waals surface area contributed by atoms with Gasteiger partial charge in [0.2, 0.25) is 0 Å². The summed E-state index contributed by atoms with van der Waals surface area (Å²) in [6.45, 7) is 3.71. The maximum absolute atomic E-state index is 11.1. The first-order valence-corrected chi connectivity index (χ1v) is 3.67. The van der Waals surface area contributed by atoms with Crippen molar-refractivity contribution in [1.29, 1.82) is 0 Å². The molecule has 0 unspecified atom stereocenters. The fourth-order valence-corrected chi connectivity index (χ4v) is 0.792. The molecule has 0 N–H and O–H groups in total. The second-order valence-corrected chi connectivity index (χ2v) is 2.25. The lowest BCUT2D eigenvalue weighted by atomic mass is 10.2. The molecule has 0 saturated carbocycles. The lowest BCUT2D eigenvalue weighted by Crippen LogP contribution is -2.04. The fraction of sp³-hybridized carbons (Fsp3) is 0.100. The lowest BCUT2D eigenvalue weighted by molar-refractivity contribution is 0.0550. The van der Waals surface area contributed by atoms with Crippen LogP contribution < -0.4 is 0 Å². The van der Waals surface area contributed by atoms with Crippen molar-refractivity contribution >= 4 is 5.97 Å². The Kier molecular flexibility index (Phi) is 3.08. The minimum atomic E-state index is -0.310. The number of hydrogen-bond donors (Lipinski definition) is 0. The van der Waals surface area contributed by atoms with E-state index < -0.39 is 0 Å².